The van der Waals surface area contributed by atoms with Crippen molar-refractivity contribution in [1.82, 2.24) is 9.97 Å². The Hall–Kier alpha value is -3.42. The third-order valence-corrected chi connectivity index (χ3v) is 4.22. The van der Waals surface area contributed by atoms with Crippen LogP contribution in [0.2, 0.25) is 0 Å². The van der Waals surface area contributed by atoms with Crippen LogP contribution >= 0.6 is 0 Å². The summed E-state index contributed by atoms with van der Waals surface area (Å²) in [5.41, 5.74) is 0.703. The topological polar surface area (TPSA) is 65.2 Å². The predicted molar refractivity (Wildman–Crippen MR) is 96.5 cm³/mol. The molecule has 0 amide bonds. The highest BCUT2D eigenvalue weighted by atomic mass is 19.4. The SMILES string of the molecule is CCc1cc(=O)oc2cc(Oc3nc(C(F)(F)F)nc4ccccc34)ccc12. The Balaban J connectivity index is 1.85. The fraction of sp³-hybridized carbons (Fsp3) is 0.150. The number of alkyl halides is 3. The van der Waals surface area contributed by atoms with Gasteiger partial charge in [0.2, 0.25) is 11.7 Å². The fourth-order valence-electron chi connectivity index (χ4n) is 2.93. The molecule has 142 valence electrons. The van der Waals surface area contributed by atoms with Crippen molar-refractivity contribution in [1.29, 1.82) is 0 Å². The summed E-state index contributed by atoms with van der Waals surface area (Å²) in [6, 6.07) is 12.4. The van der Waals surface area contributed by atoms with Crippen molar-refractivity contribution < 1.29 is 22.3 Å². The van der Waals surface area contributed by atoms with Crippen molar-refractivity contribution in [3.05, 3.63) is 70.3 Å². The van der Waals surface area contributed by atoms with E-state index in [1.54, 1.807) is 30.3 Å². The van der Waals surface area contributed by atoms with E-state index in [1.165, 1.54) is 18.2 Å². The average molecular weight is 386 g/mol. The number of hydrogen-bond donors (Lipinski definition) is 0. The van der Waals surface area contributed by atoms with Crippen molar-refractivity contribution >= 4 is 21.9 Å². The molecule has 2 aromatic heterocycles. The normalized spacial score (nSPS) is 11.9. The van der Waals surface area contributed by atoms with Crippen LogP contribution in [0.5, 0.6) is 11.6 Å². The Morgan fingerprint density at radius 2 is 1.82 bits per heavy atom. The van der Waals surface area contributed by atoms with Gasteiger partial charge >= 0.3 is 11.8 Å². The van der Waals surface area contributed by atoms with Crippen LogP contribution in [0.15, 0.2) is 57.7 Å². The van der Waals surface area contributed by atoms with Gasteiger partial charge in [-0.1, -0.05) is 19.1 Å². The van der Waals surface area contributed by atoms with Gasteiger partial charge in [-0.15, -0.1) is 0 Å². The molecule has 8 heteroatoms. The van der Waals surface area contributed by atoms with Gasteiger partial charge in [-0.3, -0.25) is 0 Å². The number of para-hydroxylation sites is 1. The first-order valence-corrected chi connectivity index (χ1v) is 8.44. The Bertz CT molecular complexity index is 1250. The number of fused-ring (bicyclic) bond motifs is 2. The summed E-state index contributed by atoms with van der Waals surface area (Å²) in [6.07, 6.45) is -4.08. The van der Waals surface area contributed by atoms with Crippen LogP contribution in [0.25, 0.3) is 21.9 Å². The molecule has 0 aliphatic heterocycles. The lowest BCUT2D eigenvalue weighted by molar-refractivity contribution is -0.144. The van der Waals surface area contributed by atoms with Crippen LogP contribution in [0, 0.1) is 0 Å². The zero-order valence-electron chi connectivity index (χ0n) is 14.6. The first kappa shape index (κ1) is 18.0. The number of ether oxygens (including phenoxy) is 1. The third-order valence-electron chi connectivity index (χ3n) is 4.22. The van der Waals surface area contributed by atoms with Gasteiger partial charge in [0.1, 0.15) is 11.3 Å². The van der Waals surface area contributed by atoms with E-state index in [-0.39, 0.29) is 22.7 Å². The van der Waals surface area contributed by atoms with Gasteiger partial charge in [0.15, 0.2) is 0 Å². The molecule has 4 rings (SSSR count). The number of benzene rings is 2. The van der Waals surface area contributed by atoms with Crippen LogP contribution in [-0.2, 0) is 12.6 Å². The molecule has 4 aromatic rings. The number of nitrogens with zero attached hydrogens (tertiary/aromatic N) is 2. The van der Waals surface area contributed by atoms with Crippen molar-refractivity contribution in [3.8, 4) is 11.6 Å². The van der Waals surface area contributed by atoms with Crippen LogP contribution < -0.4 is 10.4 Å². The lowest BCUT2D eigenvalue weighted by Gasteiger charge is -2.12. The van der Waals surface area contributed by atoms with E-state index in [4.69, 9.17) is 9.15 Å². The number of halogens is 3. The summed E-state index contributed by atoms with van der Waals surface area (Å²) in [6.45, 7) is 1.91. The lowest BCUT2D eigenvalue weighted by atomic mass is 10.1. The summed E-state index contributed by atoms with van der Waals surface area (Å²) in [5.74, 6) is -1.33. The molecular weight excluding hydrogens is 373 g/mol. The molecule has 0 fully saturated rings. The predicted octanol–water partition coefficient (Wildman–Crippen LogP) is 5.11. The minimum atomic E-state index is -4.71. The molecule has 28 heavy (non-hydrogen) atoms. The molecule has 5 nitrogen and oxygen atoms in total. The molecule has 0 radical (unpaired) electrons. The highest BCUT2D eigenvalue weighted by Gasteiger charge is 2.36. The molecule has 0 N–H and O–H groups in total. The summed E-state index contributed by atoms with van der Waals surface area (Å²) in [4.78, 5) is 18.8. The maximum Gasteiger partial charge on any atom is 0.451 e. The molecule has 2 aromatic carbocycles. The highest BCUT2D eigenvalue weighted by Crippen LogP contribution is 2.34. The molecule has 0 spiro atoms. The smallest absolute Gasteiger partial charge is 0.438 e. The van der Waals surface area contributed by atoms with E-state index in [1.807, 2.05) is 6.92 Å². The van der Waals surface area contributed by atoms with E-state index < -0.39 is 17.6 Å². The first-order chi connectivity index (χ1) is 13.3. The third kappa shape index (κ3) is 3.28. The lowest BCUT2D eigenvalue weighted by Crippen LogP contribution is -2.11. The second-order valence-corrected chi connectivity index (χ2v) is 6.07. The number of aromatic nitrogens is 2. The maximum atomic E-state index is 13.1. The molecular formula is C20H13F3N2O3. The molecule has 0 unspecified atom stereocenters. The molecule has 0 aliphatic rings. The van der Waals surface area contributed by atoms with Gasteiger partial charge < -0.3 is 9.15 Å². The van der Waals surface area contributed by atoms with Gasteiger partial charge in [-0.2, -0.15) is 18.2 Å². The molecule has 0 atom stereocenters. The van der Waals surface area contributed by atoms with E-state index >= 15 is 0 Å². The quantitative estimate of drug-likeness (QED) is 0.458. The highest BCUT2D eigenvalue weighted by molar-refractivity contribution is 5.84. The van der Waals surface area contributed by atoms with Crippen molar-refractivity contribution in [3.63, 3.8) is 0 Å². The number of hydrogen-bond acceptors (Lipinski definition) is 5. The van der Waals surface area contributed by atoms with Crippen LogP contribution in [0.3, 0.4) is 0 Å². The molecule has 2 heterocycles. The monoisotopic (exact) mass is 386 g/mol. The average Bonchev–Trinajstić information content (AvgIpc) is 2.66. The van der Waals surface area contributed by atoms with Gasteiger partial charge in [0.05, 0.1) is 10.9 Å². The number of aryl methyl sites for hydroxylation is 1. The van der Waals surface area contributed by atoms with Crippen LogP contribution in [0.1, 0.15) is 18.3 Å². The minimum absolute atomic E-state index is 0.111. The summed E-state index contributed by atoms with van der Waals surface area (Å²) >= 11 is 0. The van der Waals surface area contributed by atoms with Gasteiger partial charge in [-0.05, 0) is 36.2 Å². The van der Waals surface area contributed by atoms with Gasteiger partial charge in [0.25, 0.3) is 0 Å². The summed E-state index contributed by atoms with van der Waals surface area (Å²) in [5, 5.41) is 1.07. The largest absolute Gasteiger partial charge is 0.451 e. The minimum Gasteiger partial charge on any atom is -0.438 e. The van der Waals surface area contributed by atoms with Gasteiger partial charge in [0, 0.05) is 17.5 Å². The standard InChI is InChI=1S/C20H13F3N2O3/c1-2-11-9-17(26)28-16-10-12(7-8-13(11)16)27-18-14-5-3-4-6-15(14)24-19(25-18)20(21,22)23/h3-10H,2H2,1H3. The van der Waals surface area contributed by atoms with Gasteiger partial charge in [-0.25, -0.2) is 9.78 Å². The van der Waals surface area contributed by atoms with E-state index in [0.717, 1.165) is 10.9 Å². The Kier molecular flexibility index (Phi) is 4.26. The number of rotatable bonds is 3. The van der Waals surface area contributed by atoms with Crippen LogP contribution in [0.4, 0.5) is 13.2 Å². The van der Waals surface area contributed by atoms with E-state index in [0.29, 0.717) is 11.8 Å². The molecule has 0 saturated heterocycles. The summed E-state index contributed by atoms with van der Waals surface area (Å²) < 4.78 is 50.3. The Morgan fingerprint density at radius 3 is 2.57 bits per heavy atom. The zero-order valence-corrected chi connectivity index (χ0v) is 14.6. The molecule has 0 bridgehead atoms. The second kappa shape index (κ2) is 6.63. The van der Waals surface area contributed by atoms with Crippen molar-refractivity contribution in [2.75, 3.05) is 0 Å². The van der Waals surface area contributed by atoms with Crippen molar-refractivity contribution in [2.45, 2.75) is 19.5 Å². The Morgan fingerprint density at radius 1 is 1.04 bits per heavy atom. The molecule has 0 saturated carbocycles. The van der Waals surface area contributed by atoms with E-state index in [9.17, 15) is 18.0 Å². The fourth-order valence-corrected chi connectivity index (χ4v) is 2.93. The first-order valence-electron chi connectivity index (χ1n) is 8.44. The van der Waals surface area contributed by atoms with Crippen molar-refractivity contribution in [2.24, 2.45) is 0 Å². The maximum absolute atomic E-state index is 13.1. The molecule has 0 aliphatic carbocycles. The van der Waals surface area contributed by atoms with E-state index in [2.05, 4.69) is 9.97 Å². The second-order valence-electron chi connectivity index (χ2n) is 6.07. The summed E-state index contributed by atoms with van der Waals surface area (Å²) in [7, 11) is 0. The Labute approximate surface area is 156 Å². The van der Waals surface area contributed by atoms with Crippen LogP contribution in [-0.4, -0.2) is 9.97 Å². The zero-order chi connectivity index (χ0) is 19.9.